The summed E-state index contributed by atoms with van der Waals surface area (Å²) < 4.78 is 0. The number of hydrogen-bond acceptors (Lipinski definition) is 3. The molecule has 5 heteroatoms. The number of amides is 2. The molecule has 3 atom stereocenters. The Labute approximate surface area is 95.3 Å². The second-order valence-corrected chi connectivity index (χ2v) is 5.05. The van der Waals surface area contributed by atoms with E-state index in [1.54, 1.807) is 0 Å². The summed E-state index contributed by atoms with van der Waals surface area (Å²) in [5.41, 5.74) is 5.90. The first-order valence-electron chi connectivity index (χ1n) is 5.87. The molecule has 0 aliphatic carbocycles. The minimum Gasteiger partial charge on any atom is -0.355 e. The summed E-state index contributed by atoms with van der Waals surface area (Å²) in [6.45, 7) is 4.00. The molecule has 3 N–H and O–H groups in total. The van der Waals surface area contributed by atoms with E-state index in [9.17, 15) is 9.59 Å². The van der Waals surface area contributed by atoms with Gasteiger partial charge in [0.05, 0.1) is 5.92 Å². The van der Waals surface area contributed by atoms with Crippen LogP contribution in [-0.2, 0) is 9.59 Å². The average molecular weight is 225 g/mol. The van der Waals surface area contributed by atoms with Gasteiger partial charge < -0.3 is 16.0 Å². The number of nitrogens with one attached hydrogen (secondary N) is 1. The minimum atomic E-state index is -0.176. The predicted molar refractivity (Wildman–Crippen MR) is 59.5 cm³/mol. The van der Waals surface area contributed by atoms with Crippen molar-refractivity contribution < 1.29 is 9.59 Å². The minimum absolute atomic E-state index is 0.0206. The summed E-state index contributed by atoms with van der Waals surface area (Å²) in [6.07, 6.45) is 1.31. The van der Waals surface area contributed by atoms with Crippen LogP contribution in [0.3, 0.4) is 0 Å². The highest BCUT2D eigenvalue weighted by Crippen LogP contribution is 2.19. The van der Waals surface area contributed by atoms with Crippen LogP contribution in [-0.4, -0.2) is 42.4 Å². The fourth-order valence-corrected chi connectivity index (χ4v) is 2.62. The highest BCUT2D eigenvalue weighted by atomic mass is 16.2. The molecule has 0 aromatic rings. The number of hydrogen-bond donors (Lipinski definition) is 2. The summed E-state index contributed by atoms with van der Waals surface area (Å²) >= 11 is 0. The molecular weight excluding hydrogens is 206 g/mol. The normalized spacial score (nSPS) is 35.0. The zero-order chi connectivity index (χ0) is 11.7. The van der Waals surface area contributed by atoms with E-state index in [1.807, 2.05) is 4.90 Å². The molecule has 0 aromatic carbocycles. The molecule has 5 nitrogen and oxygen atoms in total. The van der Waals surface area contributed by atoms with Gasteiger partial charge >= 0.3 is 0 Å². The Morgan fingerprint density at radius 2 is 2.25 bits per heavy atom. The van der Waals surface area contributed by atoms with Gasteiger partial charge in [-0.2, -0.15) is 0 Å². The lowest BCUT2D eigenvalue weighted by Gasteiger charge is -2.36. The van der Waals surface area contributed by atoms with Crippen molar-refractivity contribution in [2.24, 2.45) is 17.6 Å². The Morgan fingerprint density at radius 3 is 2.81 bits per heavy atom. The van der Waals surface area contributed by atoms with E-state index >= 15 is 0 Å². The Kier molecular flexibility index (Phi) is 3.14. The third-order valence-corrected chi connectivity index (χ3v) is 3.33. The maximum Gasteiger partial charge on any atom is 0.228 e. The van der Waals surface area contributed by atoms with Gasteiger partial charge in [0.15, 0.2) is 0 Å². The zero-order valence-corrected chi connectivity index (χ0v) is 9.61. The summed E-state index contributed by atoms with van der Waals surface area (Å²) in [4.78, 5) is 25.0. The first-order chi connectivity index (χ1) is 7.56. The van der Waals surface area contributed by atoms with E-state index in [0.717, 1.165) is 13.0 Å². The molecule has 2 amide bonds. The number of likely N-dealkylation sites (tertiary alicyclic amines) is 1. The molecule has 0 radical (unpaired) electrons. The molecule has 2 heterocycles. The maximum atomic E-state index is 12.1. The highest BCUT2D eigenvalue weighted by Gasteiger charge is 2.34. The fraction of sp³-hybridized carbons (Fsp3) is 0.818. The monoisotopic (exact) mass is 225 g/mol. The SMILES string of the molecule is CC1CC(N)CN(C(=O)C2CNC(=O)C2)C1. The molecular formula is C11H19N3O2. The number of nitrogens with two attached hydrogens (primary N) is 1. The lowest BCUT2D eigenvalue weighted by Crippen LogP contribution is -2.50. The molecule has 2 aliphatic rings. The van der Waals surface area contributed by atoms with Crippen molar-refractivity contribution in [1.29, 1.82) is 0 Å². The number of piperidine rings is 1. The van der Waals surface area contributed by atoms with Crippen molar-refractivity contribution in [1.82, 2.24) is 10.2 Å². The summed E-state index contributed by atoms with van der Waals surface area (Å²) in [5, 5.41) is 2.69. The van der Waals surface area contributed by atoms with Crippen LogP contribution in [0.15, 0.2) is 0 Å². The van der Waals surface area contributed by atoms with Crippen LogP contribution >= 0.6 is 0 Å². The van der Waals surface area contributed by atoms with E-state index in [-0.39, 0.29) is 23.8 Å². The molecule has 2 aliphatic heterocycles. The molecule has 90 valence electrons. The van der Waals surface area contributed by atoms with Gasteiger partial charge in [0.2, 0.25) is 11.8 Å². The van der Waals surface area contributed by atoms with Crippen LogP contribution in [0.4, 0.5) is 0 Å². The molecule has 2 rings (SSSR count). The van der Waals surface area contributed by atoms with Crippen LogP contribution in [0.2, 0.25) is 0 Å². The smallest absolute Gasteiger partial charge is 0.228 e. The molecule has 16 heavy (non-hydrogen) atoms. The molecule has 3 unspecified atom stereocenters. The highest BCUT2D eigenvalue weighted by molar-refractivity contribution is 5.89. The molecule has 0 spiro atoms. The van der Waals surface area contributed by atoms with Gasteiger partial charge in [-0.3, -0.25) is 9.59 Å². The number of carbonyl (C=O) groups excluding carboxylic acids is 2. The number of rotatable bonds is 1. The Balaban J connectivity index is 1.96. The van der Waals surface area contributed by atoms with Gasteiger partial charge in [-0.15, -0.1) is 0 Å². The van der Waals surface area contributed by atoms with Gasteiger partial charge in [0, 0.05) is 32.1 Å². The zero-order valence-electron chi connectivity index (χ0n) is 9.61. The second-order valence-electron chi connectivity index (χ2n) is 5.05. The van der Waals surface area contributed by atoms with Crippen molar-refractivity contribution in [3.63, 3.8) is 0 Å². The maximum absolute atomic E-state index is 12.1. The molecule has 0 saturated carbocycles. The van der Waals surface area contributed by atoms with Crippen molar-refractivity contribution in [3.8, 4) is 0 Å². The van der Waals surface area contributed by atoms with Gasteiger partial charge in [0.25, 0.3) is 0 Å². The topological polar surface area (TPSA) is 75.4 Å². The fourth-order valence-electron chi connectivity index (χ4n) is 2.62. The van der Waals surface area contributed by atoms with Gasteiger partial charge in [-0.1, -0.05) is 6.92 Å². The number of nitrogens with zero attached hydrogens (tertiary/aromatic N) is 1. The Bertz CT molecular complexity index is 296. The Hall–Kier alpha value is -1.10. The third-order valence-electron chi connectivity index (χ3n) is 3.33. The van der Waals surface area contributed by atoms with Crippen molar-refractivity contribution >= 4 is 11.8 Å². The van der Waals surface area contributed by atoms with E-state index < -0.39 is 0 Å². The average Bonchev–Trinajstić information content (AvgIpc) is 2.62. The van der Waals surface area contributed by atoms with Crippen molar-refractivity contribution in [3.05, 3.63) is 0 Å². The largest absolute Gasteiger partial charge is 0.355 e. The van der Waals surface area contributed by atoms with Gasteiger partial charge in [-0.25, -0.2) is 0 Å². The van der Waals surface area contributed by atoms with Crippen LogP contribution < -0.4 is 11.1 Å². The molecule has 2 saturated heterocycles. The summed E-state index contributed by atoms with van der Waals surface area (Å²) in [7, 11) is 0. The van der Waals surface area contributed by atoms with Crippen LogP contribution in [0, 0.1) is 11.8 Å². The van der Waals surface area contributed by atoms with Crippen LogP contribution in [0.25, 0.3) is 0 Å². The Morgan fingerprint density at radius 1 is 1.50 bits per heavy atom. The quantitative estimate of drug-likeness (QED) is 0.620. The van der Waals surface area contributed by atoms with Crippen molar-refractivity contribution in [2.75, 3.05) is 19.6 Å². The van der Waals surface area contributed by atoms with E-state index in [1.165, 1.54) is 0 Å². The molecule has 0 aromatic heterocycles. The summed E-state index contributed by atoms with van der Waals surface area (Å²) in [5.74, 6) is 0.343. The first-order valence-corrected chi connectivity index (χ1v) is 5.87. The third kappa shape index (κ3) is 2.35. The first kappa shape index (κ1) is 11.4. The predicted octanol–water partition coefficient (Wildman–Crippen LogP) is -0.682. The van der Waals surface area contributed by atoms with E-state index in [2.05, 4.69) is 12.2 Å². The lowest BCUT2D eigenvalue weighted by atomic mass is 9.95. The summed E-state index contributed by atoms with van der Waals surface area (Å²) in [6, 6.07) is 0.0813. The van der Waals surface area contributed by atoms with Gasteiger partial charge in [-0.05, 0) is 12.3 Å². The lowest BCUT2D eigenvalue weighted by molar-refractivity contribution is -0.137. The van der Waals surface area contributed by atoms with E-state index in [4.69, 9.17) is 5.73 Å². The van der Waals surface area contributed by atoms with Crippen LogP contribution in [0.1, 0.15) is 19.8 Å². The van der Waals surface area contributed by atoms with Crippen LogP contribution in [0.5, 0.6) is 0 Å². The number of carbonyl (C=O) groups is 2. The molecule has 0 bridgehead atoms. The molecule has 2 fully saturated rings. The standard InChI is InChI=1S/C11H19N3O2/c1-7-2-9(12)6-14(5-7)11(16)8-3-10(15)13-4-8/h7-9H,2-6,12H2,1H3,(H,13,15). The van der Waals surface area contributed by atoms with Crippen molar-refractivity contribution in [2.45, 2.75) is 25.8 Å². The van der Waals surface area contributed by atoms with Gasteiger partial charge in [0.1, 0.15) is 0 Å². The van der Waals surface area contributed by atoms with E-state index in [0.29, 0.717) is 25.4 Å². The second kappa shape index (κ2) is 4.41.